The summed E-state index contributed by atoms with van der Waals surface area (Å²) >= 11 is 0. The second-order valence-corrected chi connectivity index (χ2v) is 15.1. The summed E-state index contributed by atoms with van der Waals surface area (Å²) in [4.78, 5) is 38.3. The number of Topliss-reactive ketones (excluding diaryl/α,β-unsaturated/α-hetero) is 1. The van der Waals surface area contributed by atoms with Crippen LogP contribution in [0.25, 0.3) is 0 Å². The van der Waals surface area contributed by atoms with Gasteiger partial charge in [-0.2, -0.15) is 0 Å². The van der Waals surface area contributed by atoms with E-state index >= 15 is 0 Å². The van der Waals surface area contributed by atoms with Crippen LogP contribution in [-0.2, 0) is 23.9 Å². The first kappa shape index (κ1) is 30.5. The number of hydrogen-bond acceptors (Lipinski definition) is 9. The van der Waals surface area contributed by atoms with E-state index in [1.807, 2.05) is 33.8 Å². The van der Waals surface area contributed by atoms with Crippen molar-refractivity contribution in [2.24, 2.45) is 45.3 Å². The number of allylic oxidation sites excluding steroid dienone is 2. The van der Waals surface area contributed by atoms with E-state index in [9.17, 15) is 34.8 Å². The van der Waals surface area contributed by atoms with E-state index < -0.39 is 87.5 Å². The topological polar surface area (TPSA) is 151 Å². The predicted octanol–water partition coefficient (Wildman–Crippen LogP) is 2.48. The Bertz CT molecular complexity index is 1220. The highest BCUT2D eigenvalue weighted by Crippen LogP contribution is 2.72. The maximum atomic E-state index is 13.2. The molecule has 12 unspecified atom stereocenters. The van der Waals surface area contributed by atoms with Gasteiger partial charge in [0, 0.05) is 41.9 Å². The molecule has 1 heterocycles. The van der Waals surface area contributed by atoms with Crippen LogP contribution in [0.3, 0.4) is 0 Å². The van der Waals surface area contributed by atoms with E-state index in [1.54, 1.807) is 26.0 Å². The fourth-order valence-corrected chi connectivity index (χ4v) is 10.1. The standard InChI is InChI=1S/C32H46O9/c1-15(33)40-27-16(11-18(35)26(39)29(4,5)41-27)24-17(34)12-21-31(24,7)14-19(36)25-30(6)10-9-22(37)28(2,3)20(30)13-23(38)32(21,25)8/h9-10,12,16-17,19-20,23-27,34,36,38-39H,11,13-14H2,1-8H3. The largest absolute Gasteiger partial charge is 0.436 e. The highest BCUT2D eigenvalue weighted by atomic mass is 16.7. The number of rotatable bonds is 2. The fraction of sp³-hybridized carbons (Fsp3) is 0.781. The molecule has 0 aromatic rings. The molecule has 228 valence electrons. The molecule has 0 bridgehead atoms. The van der Waals surface area contributed by atoms with Crippen LogP contribution in [0.1, 0.15) is 74.7 Å². The summed E-state index contributed by atoms with van der Waals surface area (Å²) < 4.78 is 11.7. The van der Waals surface area contributed by atoms with E-state index in [1.165, 1.54) is 6.92 Å². The second kappa shape index (κ2) is 9.29. The molecule has 3 fully saturated rings. The number of esters is 1. The van der Waals surface area contributed by atoms with Gasteiger partial charge < -0.3 is 29.9 Å². The lowest BCUT2D eigenvalue weighted by molar-refractivity contribution is -0.244. The minimum Gasteiger partial charge on any atom is -0.436 e. The van der Waals surface area contributed by atoms with Gasteiger partial charge in [-0.05, 0) is 49.5 Å². The maximum Gasteiger partial charge on any atom is 0.304 e. The molecule has 9 nitrogen and oxygen atoms in total. The number of carbonyl (C=O) groups excluding carboxylic acids is 3. The predicted molar refractivity (Wildman–Crippen MR) is 148 cm³/mol. The van der Waals surface area contributed by atoms with Crippen LogP contribution in [-0.4, -0.2) is 74.3 Å². The number of ether oxygens (including phenoxy) is 2. The van der Waals surface area contributed by atoms with E-state index in [2.05, 4.69) is 6.92 Å². The van der Waals surface area contributed by atoms with E-state index in [0.717, 1.165) is 5.57 Å². The van der Waals surface area contributed by atoms with Gasteiger partial charge in [-0.1, -0.05) is 52.3 Å². The average molecular weight is 575 g/mol. The fourth-order valence-electron chi connectivity index (χ4n) is 10.1. The van der Waals surface area contributed by atoms with Gasteiger partial charge in [-0.25, -0.2) is 0 Å². The summed E-state index contributed by atoms with van der Waals surface area (Å²) in [6, 6.07) is 0. The summed E-state index contributed by atoms with van der Waals surface area (Å²) in [7, 11) is 0. The highest BCUT2D eigenvalue weighted by Gasteiger charge is 2.71. The van der Waals surface area contributed by atoms with Gasteiger partial charge in [0.15, 0.2) is 11.6 Å². The number of aliphatic hydroxyl groups is 4. The van der Waals surface area contributed by atoms with E-state index in [4.69, 9.17) is 9.47 Å². The third-order valence-corrected chi connectivity index (χ3v) is 11.9. The molecule has 0 aromatic carbocycles. The lowest BCUT2D eigenvalue weighted by Crippen LogP contribution is -2.67. The van der Waals surface area contributed by atoms with Crippen molar-refractivity contribution >= 4 is 17.5 Å². The number of aliphatic hydroxyl groups excluding tert-OH is 4. The Morgan fingerprint density at radius 1 is 1.02 bits per heavy atom. The molecule has 1 saturated heterocycles. The molecule has 0 spiro atoms. The monoisotopic (exact) mass is 574 g/mol. The Hall–Kier alpha value is -1.91. The molecule has 1 aliphatic heterocycles. The van der Waals surface area contributed by atoms with Crippen molar-refractivity contribution in [2.45, 2.75) is 111 Å². The molecule has 41 heavy (non-hydrogen) atoms. The van der Waals surface area contributed by atoms with Crippen molar-refractivity contribution < 1.29 is 44.3 Å². The summed E-state index contributed by atoms with van der Waals surface area (Å²) in [5.41, 5.74) is -3.72. The number of carbonyl (C=O) groups is 3. The normalized spacial score (nSPS) is 50.2. The Kier molecular flexibility index (Phi) is 6.92. The first-order valence-electron chi connectivity index (χ1n) is 14.8. The number of hydrogen-bond donors (Lipinski definition) is 4. The van der Waals surface area contributed by atoms with Gasteiger partial charge >= 0.3 is 5.97 Å². The van der Waals surface area contributed by atoms with Crippen LogP contribution in [0, 0.1) is 45.3 Å². The zero-order valence-corrected chi connectivity index (χ0v) is 25.4. The summed E-state index contributed by atoms with van der Waals surface area (Å²) in [6.45, 7) is 14.1. The molecule has 9 heteroatoms. The van der Waals surface area contributed by atoms with E-state index in [-0.39, 0.29) is 24.5 Å². The van der Waals surface area contributed by atoms with Crippen molar-refractivity contribution in [3.63, 3.8) is 0 Å². The molecule has 0 amide bonds. The number of fused-ring (bicyclic) bond motifs is 5. The van der Waals surface area contributed by atoms with Crippen LogP contribution in [0.15, 0.2) is 23.8 Å². The zero-order chi connectivity index (χ0) is 30.7. The van der Waals surface area contributed by atoms with Gasteiger partial charge in [-0.15, -0.1) is 0 Å². The summed E-state index contributed by atoms with van der Waals surface area (Å²) in [5, 5.41) is 46.4. The highest BCUT2D eigenvalue weighted by molar-refractivity contribution is 5.95. The van der Waals surface area contributed by atoms with Crippen LogP contribution in [0.5, 0.6) is 0 Å². The van der Waals surface area contributed by atoms with Crippen molar-refractivity contribution in [1.29, 1.82) is 0 Å². The molecule has 2 saturated carbocycles. The summed E-state index contributed by atoms with van der Waals surface area (Å²) in [6.07, 6.45) is 0.0551. The lowest BCUT2D eigenvalue weighted by Gasteiger charge is -2.67. The Morgan fingerprint density at radius 2 is 1.66 bits per heavy atom. The SMILES string of the molecule is CC(=O)OC1OC(C)(C)C(O)C(=O)CC1C1C(O)C=C2C1(C)CC(O)C1C3(C)C=CC(=O)C(C)(C)C3CC(O)C21C. The first-order chi connectivity index (χ1) is 18.7. The molecule has 12 atom stereocenters. The maximum absolute atomic E-state index is 13.2. The van der Waals surface area contributed by atoms with Crippen molar-refractivity contribution in [3.05, 3.63) is 23.8 Å². The van der Waals surface area contributed by atoms with Crippen molar-refractivity contribution in [3.8, 4) is 0 Å². The first-order valence-corrected chi connectivity index (χ1v) is 14.8. The van der Waals surface area contributed by atoms with Crippen LogP contribution >= 0.6 is 0 Å². The Labute approximate surface area is 242 Å². The number of ketones is 2. The van der Waals surface area contributed by atoms with Gasteiger partial charge in [0.05, 0.1) is 23.9 Å². The minimum absolute atomic E-state index is 0.00105. The van der Waals surface area contributed by atoms with Crippen LogP contribution in [0.2, 0.25) is 0 Å². The third-order valence-electron chi connectivity index (χ3n) is 11.9. The molecule has 4 aliphatic carbocycles. The van der Waals surface area contributed by atoms with Gasteiger partial charge in [0.2, 0.25) is 6.29 Å². The molecule has 4 N–H and O–H groups in total. The minimum atomic E-state index is -1.45. The molecular weight excluding hydrogens is 528 g/mol. The van der Waals surface area contributed by atoms with Gasteiger partial charge in [0.25, 0.3) is 0 Å². The van der Waals surface area contributed by atoms with Crippen molar-refractivity contribution in [1.82, 2.24) is 0 Å². The quantitative estimate of drug-likeness (QED) is 0.288. The van der Waals surface area contributed by atoms with Gasteiger partial charge in [-0.3, -0.25) is 14.4 Å². The van der Waals surface area contributed by atoms with E-state index in [0.29, 0.717) is 6.42 Å². The Morgan fingerprint density at radius 3 is 2.27 bits per heavy atom. The van der Waals surface area contributed by atoms with Crippen LogP contribution < -0.4 is 0 Å². The van der Waals surface area contributed by atoms with Crippen molar-refractivity contribution in [2.75, 3.05) is 0 Å². The second-order valence-electron chi connectivity index (χ2n) is 15.1. The van der Waals surface area contributed by atoms with Crippen LogP contribution in [0.4, 0.5) is 0 Å². The summed E-state index contributed by atoms with van der Waals surface area (Å²) in [5.74, 6) is -3.28. The molecule has 0 radical (unpaired) electrons. The molecule has 5 rings (SSSR count). The molecule has 0 aromatic heterocycles. The molecule has 5 aliphatic rings. The zero-order valence-electron chi connectivity index (χ0n) is 25.4. The molecular formula is C32H46O9. The van der Waals surface area contributed by atoms with Gasteiger partial charge in [0.1, 0.15) is 6.10 Å². The smallest absolute Gasteiger partial charge is 0.304 e. The average Bonchev–Trinajstić information content (AvgIpc) is 3.07. The third kappa shape index (κ3) is 4.09. The Balaban J connectivity index is 1.61. The lowest BCUT2D eigenvalue weighted by atomic mass is 9.37.